The van der Waals surface area contributed by atoms with E-state index >= 15 is 4.39 Å². The van der Waals surface area contributed by atoms with Gasteiger partial charge in [-0.25, -0.2) is 14.2 Å². The molecule has 12 heteroatoms. The lowest BCUT2D eigenvalue weighted by molar-refractivity contribution is -0.137. The number of hydrogen-bond acceptors (Lipinski definition) is 7. The fourth-order valence-corrected chi connectivity index (χ4v) is 9.92. The number of hydrogen-bond donors (Lipinski definition) is 1. The molecule has 1 N–H and O–H groups in total. The third-order valence-corrected chi connectivity index (χ3v) is 12.6. The molecule has 2 atom stereocenters. The summed E-state index contributed by atoms with van der Waals surface area (Å²) in [6.45, 7) is 11.5. The number of aromatic nitrogens is 3. The molecule has 264 valence electrons. The van der Waals surface area contributed by atoms with Crippen molar-refractivity contribution in [2.24, 2.45) is 5.92 Å². The molecule has 0 radical (unpaired) electrons. The lowest BCUT2D eigenvalue weighted by Gasteiger charge is -2.44. The van der Waals surface area contributed by atoms with Crippen LogP contribution in [0.2, 0.25) is 0 Å². The molecule has 3 aliphatic heterocycles. The average molecular weight is 692 g/mol. The number of anilines is 1. The van der Waals surface area contributed by atoms with Crippen molar-refractivity contribution in [1.82, 2.24) is 29.2 Å². The molecule has 1 unspecified atom stereocenters. The Morgan fingerprint density at radius 3 is 2.41 bits per heavy atom. The van der Waals surface area contributed by atoms with E-state index in [1.807, 2.05) is 28.0 Å². The number of imidazole rings is 1. The number of carbonyl (C=O) groups is 2. The van der Waals surface area contributed by atoms with E-state index in [0.29, 0.717) is 49.7 Å². The number of thioether (sulfide) groups is 1. The third kappa shape index (κ3) is 7.00. The second kappa shape index (κ2) is 14.1. The number of fused-ring (bicyclic) bond motifs is 1. The topological polar surface area (TPSA) is 97.8 Å². The summed E-state index contributed by atoms with van der Waals surface area (Å²) in [6, 6.07) is 8.99. The van der Waals surface area contributed by atoms with Crippen molar-refractivity contribution >= 4 is 40.4 Å². The van der Waals surface area contributed by atoms with E-state index in [1.54, 1.807) is 16.8 Å². The Hall–Kier alpha value is -3.38. The molecule has 5 heterocycles. The van der Waals surface area contributed by atoms with Crippen molar-refractivity contribution in [2.45, 2.75) is 94.3 Å². The number of nitrogens with zero attached hydrogens (tertiary/aromatic N) is 6. The molecule has 7 rings (SSSR count). The van der Waals surface area contributed by atoms with Gasteiger partial charge in [0, 0.05) is 75.6 Å². The number of rotatable bonds is 7. The Morgan fingerprint density at radius 2 is 1.69 bits per heavy atom. The van der Waals surface area contributed by atoms with Gasteiger partial charge >= 0.3 is 5.69 Å². The Morgan fingerprint density at radius 1 is 0.959 bits per heavy atom. The maximum Gasteiger partial charge on any atom is 0.327 e. The summed E-state index contributed by atoms with van der Waals surface area (Å²) in [7, 11) is 0. The number of benzene rings is 1. The van der Waals surface area contributed by atoms with Crippen molar-refractivity contribution in [3.63, 3.8) is 0 Å². The first-order chi connectivity index (χ1) is 23.6. The van der Waals surface area contributed by atoms with Crippen LogP contribution in [-0.2, 0) is 9.59 Å². The fourth-order valence-electron chi connectivity index (χ4n) is 8.45. The number of piperazine rings is 1. The predicted molar refractivity (Wildman–Crippen MR) is 192 cm³/mol. The van der Waals surface area contributed by atoms with Gasteiger partial charge in [0.2, 0.25) is 11.8 Å². The molecule has 2 aromatic heterocycles. The van der Waals surface area contributed by atoms with Crippen LogP contribution in [0.25, 0.3) is 11.2 Å². The van der Waals surface area contributed by atoms with Crippen molar-refractivity contribution in [3.05, 3.63) is 58.4 Å². The standard InChI is InChI=1S/C37H50FN7O3S/c1-37(2,3)43-21-19-42(20-22-43)32-27(11-7-12-28(32)38)35-44(24-25-9-5-4-6-10-25)34(47)30(49-35)23-31(46)41-17-14-26(15-18-41)45-29-13-8-16-39-33(29)40-36(45)48/h7-8,11-13,16,25-26,30,35H,4-6,9-10,14-15,17-24H2,1-3H3,(H,39,40,48)/t30-,35?/m1/s1. The van der Waals surface area contributed by atoms with Crippen LogP contribution in [0, 0.1) is 11.7 Å². The van der Waals surface area contributed by atoms with Gasteiger partial charge < -0.3 is 14.7 Å². The quantitative estimate of drug-likeness (QED) is 0.347. The van der Waals surface area contributed by atoms with Crippen LogP contribution in [0.15, 0.2) is 41.3 Å². The molecular formula is C37H50FN7O3S. The van der Waals surface area contributed by atoms with E-state index in [1.165, 1.54) is 37.1 Å². The normalized spacial score (nSPS) is 23.6. The molecule has 1 saturated carbocycles. The minimum atomic E-state index is -0.519. The number of halogens is 1. The van der Waals surface area contributed by atoms with Crippen LogP contribution in [0.3, 0.4) is 0 Å². The van der Waals surface area contributed by atoms with Gasteiger partial charge in [-0.05, 0) is 70.6 Å². The van der Waals surface area contributed by atoms with Crippen molar-refractivity contribution in [1.29, 1.82) is 0 Å². The van der Waals surface area contributed by atoms with E-state index in [0.717, 1.165) is 50.1 Å². The van der Waals surface area contributed by atoms with Gasteiger partial charge in [-0.1, -0.05) is 31.4 Å². The summed E-state index contributed by atoms with van der Waals surface area (Å²) in [5, 5.41) is -0.860. The highest BCUT2D eigenvalue weighted by Crippen LogP contribution is 2.49. The summed E-state index contributed by atoms with van der Waals surface area (Å²) >= 11 is 1.52. The number of piperidine rings is 1. The second-order valence-electron chi connectivity index (χ2n) is 15.3. The maximum atomic E-state index is 15.8. The highest BCUT2D eigenvalue weighted by molar-refractivity contribution is 8.01. The van der Waals surface area contributed by atoms with E-state index < -0.39 is 5.25 Å². The minimum absolute atomic E-state index is 0.00517. The molecule has 49 heavy (non-hydrogen) atoms. The van der Waals surface area contributed by atoms with Crippen molar-refractivity contribution in [2.75, 3.05) is 50.7 Å². The number of likely N-dealkylation sites (tertiary alicyclic amines) is 1. The van der Waals surface area contributed by atoms with Crippen molar-refractivity contribution in [3.8, 4) is 0 Å². The zero-order valence-corrected chi connectivity index (χ0v) is 29.9. The molecule has 0 spiro atoms. The number of aromatic amines is 1. The summed E-state index contributed by atoms with van der Waals surface area (Å²) in [4.78, 5) is 56.3. The maximum absolute atomic E-state index is 15.8. The molecule has 4 fully saturated rings. The first kappa shape index (κ1) is 34.1. The predicted octanol–water partition coefficient (Wildman–Crippen LogP) is 5.56. The van der Waals surface area contributed by atoms with Crippen LogP contribution in [0.1, 0.15) is 89.1 Å². The van der Waals surface area contributed by atoms with Gasteiger partial charge in [0.1, 0.15) is 11.2 Å². The second-order valence-corrected chi connectivity index (χ2v) is 16.6. The SMILES string of the molecule is CC(C)(C)N1CCN(c2c(F)cccc2C2S[C@H](CC(=O)N3CCC(n4c(=O)[nH]c5ncccc54)CC3)C(=O)N2CC2CCCCC2)CC1. The zero-order chi connectivity index (χ0) is 34.3. The van der Waals surface area contributed by atoms with Crippen LogP contribution in [-0.4, -0.2) is 97.7 Å². The third-order valence-electron chi connectivity index (χ3n) is 11.2. The summed E-state index contributed by atoms with van der Waals surface area (Å²) < 4.78 is 17.6. The molecule has 10 nitrogen and oxygen atoms in total. The Kier molecular flexibility index (Phi) is 9.80. The lowest BCUT2D eigenvalue weighted by Crippen LogP contribution is -2.53. The van der Waals surface area contributed by atoms with Crippen LogP contribution in [0.5, 0.6) is 0 Å². The number of para-hydroxylation sites is 1. The first-order valence-electron chi connectivity index (χ1n) is 18.2. The Balaban J connectivity index is 1.08. The highest BCUT2D eigenvalue weighted by atomic mass is 32.2. The number of pyridine rings is 1. The van der Waals surface area contributed by atoms with Gasteiger partial charge in [-0.15, -0.1) is 11.8 Å². The number of nitrogens with one attached hydrogen (secondary N) is 1. The lowest BCUT2D eigenvalue weighted by atomic mass is 9.88. The van der Waals surface area contributed by atoms with Gasteiger partial charge in [0.05, 0.1) is 16.5 Å². The van der Waals surface area contributed by atoms with Crippen LogP contribution < -0.4 is 10.6 Å². The summed E-state index contributed by atoms with van der Waals surface area (Å²) in [5.74, 6) is 0.132. The molecule has 0 bridgehead atoms. The van der Waals surface area contributed by atoms with Gasteiger partial charge in [0.25, 0.3) is 0 Å². The average Bonchev–Trinajstić information content (AvgIpc) is 3.59. The molecule has 2 amide bonds. The minimum Gasteiger partial charge on any atom is -0.366 e. The molecule has 1 aliphatic carbocycles. The zero-order valence-electron chi connectivity index (χ0n) is 29.1. The molecule has 1 aromatic carbocycles. The Bertz CT molecular complexity index is 1710. The molecular weight excluding hydrogens is 642 g/mol. The first-order valence-corrected chi connectivity index (χ1v) is 19.1. The number of H-pyrrole nitrogens is 1. The van der Waals surface area contributed by atoms with E-state index in [2.05, 4.69) is 40.5 Å². The van der Waals surface area contributed by atoms with Crippen molar-refractivity contribution < 1.29 is 14.0 Å². The van der Waals surface area contributed by atoms with Gasteiger partial charge in [-0.3, -0.25) is 24.0 Å². The van der Waals surface area contributed by atoms with Gasteiger partial charge in [-0.2, -0.15) is 0 Å². The summed E-state index contributed by atoms with van der Waals surface area (Å²) in [6.07, 6.45) is 8.88. The molecule has 3 aromatic rings. The summed E-state index contributed by atoms with van der Waals surface area (Å²) in [5.41, 5.74) is 2.67. The smallest absolute Gasteiger partial charge is 0.327 e. The fraction of sp³-hybridized carbons (Fsp3) is 0.622. The molecule has 3 saturated heterocycles. The van der Waals surface area contributed by atoms with Gasteiger partial charge in [0.15, 0.2) is 5.65 Å². The Labute approximate surface area is 292 Å². The van der Waals surface area contributed by atoms with E-state index in [4.69, 9.17) is 0 Å². The van der Waals surface area contributed by atoms with Crippen LogP contribution in [0.4, 0.5) is 10.1 Å². The van der Waals surface area contributed by atoms with E-state index in [-0.39, 0.29) is 46.7 Å². The highest BCUT2D eigenvalue weighted by Gasteiger charge is 2.45. The van der Waals surface area contributed by atoms with Crippen LogP contribution >= 0.6 is 11.8 Å². The number of amides is 2. The van der Waals surface area contributed by atoms with E-state index in [9.17, 15) is 14.4 Å². The number of carbonyl (C=O) groups excluding carboxylic acids is 2. The largest absolute Gasteiger partial charge is 0.366 e. The monoisotopic (exact) mass is 691 g/mol. The molecule has 4 aliphatic rings.